The van der Waals surface area contributed by atoms with E-state index in [2.05, 4.69) is 15.3 Å². The van der Waals surface area contributed by atoms with E-state index in [-0.39, 0.29) is 0 Å². The van der Waals surface area contributed by atoms with Gasteiger partial charge < -0.3 is 14.8 Å². The van der Waals surface area contributed by atoms with Crippen molar-refractivity contribution in [2.75, 3.05) is 17.3 Å². The van der Waals surface area contributed by atoms with Crippen LogP contribution in [-0.2, 0) is 11.2 Å². The average molecular weight is 345 g/mol. The molecule has 0 saturated heterocycles. The number of aromatic nitrogens is 2. The Bertz CT molecular complexity index is 878. The molecule has 0 saturated carbocycles. The number of benzene rings is 1. The summed E-state index contributed by atoms with van der Waals surface area (Å²) in [6.07, 6.45) is 3.12. The summed E-state index contributed by atoms with van der Waals surface area (Å²) in [7, 11) is 0. The summed E-state index contributed by atoms with van der Waals surface area (Å²) in [6.45, 7) is 1.97. The number of aliphatic carboxylic acids is 1. The molecule has 7 heteroatoms. The van der Waals surface area contributed by atoms with Crippen LogP contribution >= 0.6 is 11.8 Å². The molecule has 2 aromatic heterocycles. The van der Waals surface area contributed by atoms with E-state index < -0.39 is 12.0 Å². The maximum atomic E-state index is 11.5. The third kappa shape index (κ3) is 3.17. The fourth-order valence-electron chi connectivity index (χ4n) is 2.55. The molecule has 0 aliphatic rings. The second-order valence-corrected chi connectivity index (χ2v) is 6.42. The molecule has 0 spiro atoms. The summed E-state index contributed by atoms with van der Waals surface area (Å²) in [5.41, 5.74) is 1.94. The van der Waals surface area contributed by atoms with Crippen molar-refractivity contribution < 1.29 is 14.3 Å². The molecular formula is C17H19N3O3S. The number of carboxylic acid groups (broad SMARTS) is 1. The van der Waals surface area contributed by atoms with Crippen LogP contribution in [-0.4, -0.2) is 39.1 Å². The SMILES string of the molecule is CCc1nc(N[C@@H](CCSC)C(=O)O)c2oc3ccccc3c2n1. The van der Waals surface area contributed by atoms with Crippen molar-refractivity contribution >= 4 is 45.6 Å². The summed E-state index contributed by atoms with van der Waals surface area (Å²) in [5, 5.41) is 13.4. The number of anilines is 1. The van der Waals surface area contributed by atoms with E-state index in [4.69, 9.17) is 4.42 Å². The second-order valence-electron chi connectivity index (χ2n) is 5.43. The maximum Gasteiger partial charge on any atom is 0.326 e. The zero-order valence-corrected chi connectivity index (χ0v) is 14.4. The number of fused-ring (bicyclic) bond motifs is 3. The van der Waals surface area contributed by atoms with Crippen LogP contribution in [0.5, 0.6) is 0 Å². The Hall–Kier alpha value is -2.28. The van der Waals surface area contributed by atoms with Crippen LogP contribution in [0.25, 0.3) is 22.1 Å². The molecule has 126 valence electrons. The summed E-state index contributed by atoms with van der Waals surface area (Å²) < 4.78 is 5.88. The molecule has 0 unspecified atom stereocenters. The topological polar surface area (TPSA) is 88.2 Å². The molecular weight excluding hydrogens is 326 g/mol. The number of furan rings is 1. The van der Waals surface area contributed by atoms with E-state index in [0.29, 0.717) is 41.2 Å². The first-order valence-electron chi connectivity index (χ1n) is 7.80. The lowest BCUT2D eigenvalue weighted by atomic mass is 10.2. The number of hydrogen-bond acceptors (Lipinski definition) is 6. The number of para-hydroxylation sites is 1. The maximum absolute atomic E-state index is 11.5. The normalized spacial score (nSPS) is 12.6. The van der Waals surface area contributed by atoms with Crippen LogP contribution in [0.1, 0.15) is 19.2 Å². The molecule has 1 atom stereocenters. The van der Waals surface area contributed by atoms with Gasteiger partial charge in [0, 0.05) is 11.8 Å². The minimum absolute atomic E-state index is 0.446. The fraction of sp³-hybridized carbons (Fsp3) is 0.353. The quantitative estimate of drug-likeness (QED) is 0.677. The van der Waals surface area contributed by atoms with Crippen LogP contribution in [0.15, 0.2) is 28.7 Å². The molecule has 3 aromatic rings. The number of rotatable bonds is 7. The lowest BCUT2D eigenvalue weighted by Crippen LogP contribution is -2.30. The van der Waals surface area contributed by atoms with Crippen molar-refractivity contribution in [1.29, 1.82) is 0 Å². The summed E-state index contributed by atoms with van der Waals surface area (Å²) in [4.78, 5) is 20.5. The van der Waals surface area contributed by atoms with Crippen molar-refractivity contribution in [3.8, 4) is 0 Å². The van der Waals surface area contributed by atoms with Gasteiger partial charge in [0.15, 0.2) is 11.4 Å². The Morgan fingerprint density at radius 3 is 2.88 bits per heavy atom. The Kier molecular flexibility index (Phi) is 4.89. The molecule has 3 rings (SSSR count). The van der Waals surface area contributed by atoms with Crippen molar-refractivity contribution in [2.45, 2.75) is 25.8 Å². The number of hydrogen-bond donors (Lipinski definition) is 2. The first-order chi connectivity index (χ1) is 11.6. The standard InChI is InChI=1S/C17H19N3O3S/c1-3-13-19-14-10-6-4-5-7-12(10)23-15(14)16(20-13)18-11(17(21)22)8-9-24-2/h4-7,11H,3,8-9H2,1-2H3,(H,21,22)(H,18,19,20)/t11-/m0/s1. The van der Waals surface area contributed by atoms with Gasteiger partial charge in [-0.25, -0.2) is 14.8 Å². The Morgan fingerprint density at radius 2 is 2.17 bits per heavy atom. The lowest BCUT2D eigenvalue weighted by molar-refractivity contribution is -0.137. The number of carbonyl (C=O) groups is 1. The molecule has 2 heterocycles. The second kappa shape index (κ2) is 7.09. The zero-order valence-electron chi connectivity index (χ0n) is 13.6. The van der Waals surface area contributed by atoms with E-state index in [1.165, 1.54) is 0 Å². The van der Waals surface area contributed by atoms with E-state index in [1.54, 1.807) is 11.8 Å². The van der Waals surface area contributed by atoms with Gasteiger partial charge in [0.1, 0.15) is 23.0 Å². The molecule has 0 amide bonds. The zero-order chi connectivity index (χ0) is 17.1. The van der Waals surface area contributed by atoms with Crippen molar-refractivity contribution in [3.63, 3.8) is 0 Å². The first kappa shape index (κ1) is 16.6. The van der Waals surface area contributed by atoms with Gasteiger partial charge in [-0.05, 0) is 30.6 Å². The Morgan fingerprint density at radius 1 is 1.38 bits per heavy atom. The fourth-order valence-corrected chi connectivity index (χ4v) is 3.02. The monoisotopic (exact) mass is 345 g/mol. The van der Waals surface area contributed by atoms with Gasteiger partial charge in [-0.2, -0.15) is 11.8 Å². The summed E-state index contributed by atoms with van der Waals surface area (Å²) >= 11 is 1.61. The van der Waals surface area contributed by atoms with E-state index in [1.807, 2.05) is 37.4 Å². The van der Waals surface area contributed by atoms with Crippen LogP contribution in [0.3, 0.4) is 0 Å². The number of aryl methyl sites for hydroxylation is 1. The molecule has 24 heavy (non-hydrogen) atoms. The highest BCUT2D eigenvalue weighted by Crippen LogP contribution is 2.31. The number of nitrogens with zero attached hydrogens (tertiary/aromatic N) is 2. The van der Waals surface area contributed by atoms with Crippen molar-refractivity contribution in [2.24, 2.45) is 0 Å². The third-order valence-electron chi connectivity index (χ3n) is 3.80. The molecule has 0 aliphatic heterocycles. The third-order valence-corrected chi connectivity index (χ3v) is 4.45. The van der Waals surface area contributed by atoms with Crippen LogP contribution < -0.4 is 5.32 Å². The minimum Gasteiger partial charge on any atom is -0.480 e. The van der Waals surface area contributed by atoms with Crippen LogP contribution in [0.4, 0.5) is 5.82 Å². The van der Waals surface area contributed by atoms with Gasteiger partial charge >= 0.3 is 5.97 Å². The molecule has 0 aliphatic carbocycles. The van der Waals surface area contributed by atoms with Gasteiger partial charge in [-0.3, -0.25) is 0 Å². The summed E-state index contributed by atoms with van der Waals surface area (Å²) in [5.74, 6) is 0.955. The summed E-state index contributed by atoms with van der Waals surface area (Å²) in [6, 6.07) is 6.92. The predicted octanol–water partition coefficient (Wildman–Crippen LogP) is 3.56. The van der Waals surface area contributed by atoms with Gasteiger partial charge in [0.2, 0.25) is 0 Å². The number of nitrogens with one attached hydrogen (secondary N) is 1. The van der Waals surface area contributed by atoms with Crippen molar-refractivity contribution in [1.82, 2.24) is 9.97 Å². The average Bonchev–Trinajstić information content (AvgIpc) is 2.97. The Labute approximate surface area is 143 Å². The molecule has 0 radical (unpaired) electrons. The van der Waals surface area contributed by atoms with Gasteiger partial charge in [0.25, 0.3) is 0 Å². The van der Waals surface area contributed by atoms with Gasteiger partial charge in [0.05, 0.1) is 0 Å². The van der Waals surface area contributed by atoms with Crippen LogP contribution in [0.2, 0.25) is 0 Å². The van der Waals surface area contributed by atoms with E-state index in [0.717, 1.165) is 11.1 Å². The largest absolute Gasteiger partial charge is 0.480 e. The number of carboxylic acids is 1. The van der Waals surface area contributed by atoms with Crippen molar-refractivity contribution in [3.05, 3.63) is 30.1 Å². The van der Waals surface area contributed by atoms with E-state index >= 15 is 0 Å². The highest BCUT2D eigenvalue weighted by molar-refractivity contribution is 7.98. The lowest BCUT2D eigenvalue weighted by Gasteiger charge is -2.15. The van der Waals surface area contributed by atoms with Gasteiger partial charge in [-0.1, -0.05) is 19.1 Å². The Balaban J connectivity index is 2.10. The van der Waals surface area contributed by atoms with E-state index in [9.17, 15) is 9.90 Å². The molecule has 0 fully saturated rings. The highest BCUT2D eigenvalue weighted by Gasteiger charge is 2.21. The van der Waals surface area contributed by atoms with Gasteiger partial charge in [-0.15, -0.1) is 0 Å². The smallest absolute Gasteiger partial charge is 0.326 e. The van der Waals surface area contributed by atoms with Crippen LogP contribution in [0, 0.1) is 0 Å². The minimum atomic E-state index is -0.898. The first-order valence-corrected chi connectivity index (χ1v) is 9.19. The molecule has 6 nitrogen and oxygen atoms in total. The molecule has 0 bridgehead atoms. The molecule has 1 aromatic carbocycles. The predicted molar refractivity (Wildman–Crippen MR) is 96.7 cm³/mol. The number of thioether (sulfide) groups is 1. The highest BCUT2D eigenvalue weighted by atomic mass is 32.2. The molecule has 2 N–H and O–H groups in total.